The number of amides is 1. The molecule has 3 heterocycles. The first-order valence-corrected chi connectivity index (χ1v) is 9.79. The molecule has 8 nitrogen and oxygen atoms in total. The van der Waals surface area contributed by atoms with Gasteiger partial charge in [-0.3, -0.25) is 4.79 Å². The number of rotatable bonds is 4. The molecule has 32 heavy (non-hydrogen) atoms. The lowest BCUT2D eigenvalue weighted by molar-refractivity contribution is -0.141. The number of nitrogens with zero attached hydrogens (tertiary/aromatic N) is 6. The molecule has 12 heteroatoms. The maximum atomic E-state index is 13.4. The van der Waals surface area contributed by atoms with E-state index in [1.807, 2.05) is 13.0 Å². The fourth-order valence-corrected chi connectivity index (χ4v) is 3.70. The minimum absolute atomic E-state index is 0. The average Bonchev–Trinajstić information content (AvgIpc) is 3.29. The molecule has 1 fully saturated rings. The van der Waals surface area contributed by atoms with Gasteiger partial charge in [-0.25, -0.2) is 0 Å². The monoisotopic (exact) mass is 467 g/mol. The summed E-state index contributed by atoms with van der Waals surface area (Å²) in [6.07, 6.45) is 0.0232. The van der Waals surface area contributed by atoms with Crippen molar-refractivity contribution in [2.45, 2.75) is 38.0 Å². The van der Waals surface area contributed by atoms with Gasteiger partial charge in [-0.15, -0.1) is 22.6 Å². The van der Waals surface area contributed by atoms with Gasteiger partial charge in [0, 0.05) is 18.6 Å². The van der Waals surface area contributed by atoms with Crippen molar-refractivity contribution in [3.05, 3.63) is 60.0 Å². The summed E-state index contributed by atoms with van der Waals surface area (Å²) in [5, 5.41) is 18.2. The third-order valence-corrected chi connectivity index (χ3v) is 5.31. The summed E-state index contributed by atoms with van der Waals surface area (Å²) in [4.78, 5) is 16.5. The lowest BCUT2D eigenvalue weighted by Crippen LogP contribution is -2.52. The summed E-state index contributed by atoms with van der Waals surface area (Å²) in [7, 11) is 0. The summed E-state index contributed by atoms with van der Waals surface area (Å²) < 4.78 is 38.1. The van der Waals surface area contributed by atoms with Crippen molar-refractivity contribution in [3.63, 3.8) is 0 Å². The maximum Gasteiger partial charge on any atom is 0.435 e. The summed E-state index contributed by atoms with van der Waals surface area (Å²) in [5.74, 6) is 0.0747. The van der Waals surface area contributed by atoms with Gasteiger partial charge in [0.05, 0.1) is 23.6 Å². The van der Waals surface area contributed by atoms with Crippen LogP contribution in [0.5, 0.6) is 0 Å². The Morgan fingerprint density at radius 1 is 1.09 bits per heavy atom. The minimum Gasteiger partial charge on any atom is -0.364 e. The second kappa shape index (κ2) is 9.51. The maximum absolute atomic E-state index is 13.4. The molecule has 0 aliphatic carbocycles. The summed E-state index contributed by atoms with van der Waals surface area (Å²) in [6.45, 7) is 2.47. The fraction of sp³-hybridized carbons (Fsp3) is 0.350. The number of hydrogen-bond acceptors (Lipinski definition) is 6. The van der Waals surface area contributed by atoms with Crippen molar-refractivity contribution in [3.8, 4) is 5.69 Å². The second-order valence-electron chi connectivity index (χ2n) is 7.27. The van der Waals surface area contributed by atoms with Crippen LogP contribution >= 0.6 is 12.4 Å². The Kier molecular flexibility index (Phi) is 6.97. The van der Waals surface area contributed by atoms with Crippen LogP contribution in [0.4, 0.5) is 19.0 Å². The minimum atomic E-state index is -4.54. The highest BCUT2D eigenvalue weighted by molar-refractivity contribution is 5.98. The molecule has 0 bridgehead atoms. The largest absolute Gasteiger partial charge is 0.435 e. The van der Waals surface area contributed by atoms with Crippen molar-refractivity contribution in [1.82, 2.24) is 30.1 Å². The number of carbonyl (C=O) groups is 1. The van der Waals surface area contributed by atoms with Gasteiger partial charge in [-0.1, -0.05) is 12.1 Å². The number of piperidine rings is 1. The van der Waals surface area contributed by atoms with Crippen molar-refractivity contribution in [2.75, 3.05) is 11.9 Å². The predicted molar refractivity (Wildman–Crippen MR) is 113 cm³/mol. The van der Waals surface area contributed by atoms with Crippen molar-refractivity contribution in [1.29, 1.82) is 0 Å². The van der Waals surface area contributed by atoms with Gasteiger partial charge >= 0.3 is 6.18 Å². The highest BCUT2D eigenvalue weighted by atomic mass is 35.5. The molecule has 4 rings (SSSR count). The molecule has 0 radical (unpaired) electrons. The lowest BCUT2D eigenvalue weighted by Gasteiger charge is -2.40. The zero-order chi connectivity index (χ0) is 22.0. The number of alkyl halides is 3. The Hall–Kier alpha value is -3.21. The molecule has 3 aromatic rings. The molecular formula is C20H21ClF3N7O. The van der Waals surface area contributed by atoms with E-state index in [0.717, 1.165) is 18.9 Å². The van der Waals surface area contributed by atoms with Crippen LogP contribution in [0.1, 0.15) is 35.8 Å². The number of para-hydroxylation sites is 1. The number of nitrogens with one attached hydrogen (secondary N) is 1. The Morgan fingerprint density at radius 2 is 1.81 bits per heavy atom. The molecule has 0 spiro atoms. The molecule has 170 valence electrons. The van der Waals surface area contributed by atoms with Crippen LogP contribution in [0, 0.1) is 0 Å². The number of likely N-dealkylation sites (tertiary alicyclic amines) is 1. The SMILES string of the molecule is CC1C(Nc2ccc(C(F)(F)F)nn2)CCCN1C(=O)c1ccccc1-n1nccn1.Cl. The molecule has 1 saturated heterocycles. The number of anilines is 1. The van der Waals surface area contributed by atoms with E-state index in [4.69, 9.17) is 0 Å². The van der Waals surface area contributed by atoms with Crippen LogP contribution in [-0.4, -0.2) is 54.6 Å². The molecule has 2 unspecified atom stereocenters. The van der Waals surface area contributed by atoms with E-state index in [0.29, 0.717) is 17.8 Å². The normalized spacial score (nSPS) is 18.7. The number of carbonyl (C=O) groups excluding carboxylic acids is 1. The Balaban J connectivity index is 0.00000289. The Labute approximate surface area is 188 Å². The molecule has 2 atom stereocenters. The van der Waals surface area contributed by atoms with Gasteiger partial charge < -0.3 is 10.2 Å². The first kappa shape index (κ1) is 23.5. The topological polar surface area (TPSA) is 88.8 Å². The summed E-state index contributed by atoms with van der Waals surface area (Å²) in [5.41, 5.74) is 0.00398. The standard InChI is InChI=1S/C20H20F3N7O.ClH/c1-13-15(26-18-9-8-17(27-28-18)20(21,22)23)6-4-12-29(13)19(31)14-5-2-3-7-16(14)30-24-10-11-25-30;/h2-3,5,7-11,13,15H,4,6,12H2,1H3,(H,26,28);1H. The zero-order valence-electron chi connectivity index (χ0n) is 17.0. The fourth-order valence-electron chi connectivity index (χ4n) is 3.70. The van der Waals surface area contributed by atoms with E-state index >= 15 is 0 Å². The van der Waals surface area contributed by atoms with Crippen molar-refractivity contribution in [2.24, 2.45) is 0 Å². The molecule has 0 saturated carbocycles. The highest BCUT2D eigenvalue weighted by Gasteiger charge is 2.34. The first-order valence-electron chi connectivity index (χ1n) is 9.79. The van der Waals surface area contributed by atoms with Crippen molar-refractivity contribution < 1.29 is 18.0 Å². The van der Waals surface area contributed by atoms with Crippen molar-refractivity contribution >= 4 is 24.1 Å². The number of benzene rings is 1. The van der Waals surface area contributed by atoms with Gasteiger partial charge in [0.1, 0.15) is 5.82 Å². The van der Waals surface area contributed by atoms with Crippen LogP contribution in [0.3, 0.4) is 0 Å². The van der Waals surface area contributed by atoms with Gasteiger partial charge in [0.2, 0.25) is 0 Å². The molecule has 1 aliphatic rings. The van der Waals surface area contributed by atoms with Gasteiger partial charge in [0.15, 0.2) is 5.69 Å². The second-order valence-corrected chi connectivity index (χ2v) is 7.27. The molecule has 1 aliphatic heterocycles. The number of halogens is 4. The lowest BCUT2D eigenvalue weighted by atomic mass is 9.96. The summed E-state index contributed by atoms with van der Waals surface area (Å²) >= 11 is 0. The highest BCUT2D eigenvalue weighted by Crippen LogP contribution is 2.28. The number of aromatic nitrogens is 5. The van der Waals surface area contributed by atoms with E-state index in [9.17, 15) is 18.0 Å². The molecule has 2 aromatic heterocycles. The van der Waals surface area contributed by atoms with Crippen LogP contribution in [-0.2, 0) is 6.18 Å². The molecule has 1 amide bonds. The third kappa shape index (κ3) is 4.82. The molecular weight excluding hydrogens is 447 g/mol. The van der Waals surface area contributed by atoms with E-state index in [-0.39, 0.29) is 36.2 Å². The molecule has 1 aromatic carbocycles. The Bertz CT molecular complexity index is 1040. The van der Waals surface area contributed by atoms with Crippen LogP contribution < -0.4 is 5.32 Å². The first-order chi connectivity index (χ1) is 14.8. The number of hydrogen-bond donors (Lipinski definition) is 1. The zero-order valence-corrected chi connectivity index (χ0v) is 17.8. The predicted octanol–water partition coefficient (Wildman–Crippen LogP) is 3.60. The Morgan fingerprint density at radius 3 is 2.47 bits per heavy atom. The quantitative estimate of drug-likeness (QED) is 0.630. The van der Waals surface area contributed by atoms with E-state index in [2.05, 4.69) is 25.7 Å². The average molecular weight is 468 g/mol. The smallest absolute Gasteiger partial charge is 0.364 e. The van der Waals surface area contributed by atoms with E-state index in [1.54, 1.807) is 23.1 Å². The van der Waals surface area contributed by atoms with E-state index < -0.39 is 11.9 Å². The van der Waals surface area contributed by atoms with Crippen LogP contribution in [0.25, 0.3) is 5.69 Å². The van der Waals surface area contributed by atoms with Crippen LogP contribution in [0.15, 0.2) is 48.8 Å². The van der Waals surface area contributed by atoms with E-state index in [1.165, 1.54) is 23.3 Å². The van der Waals surface area contributed by atoms with Gasteiger partial charge in [0.25, 0.3) is 5.91 Å². The van der Waals surface area contributed by atoms with Gasteiger partial charge in [-0.05, 0) is 44.0 Å². The van der Waals surface area contributed by atoms with Crippen LogP contribution in [0.2, 0.25) is 0 Å². The summed E-state index contributed by atoms with van der Waals surface area (Å²) in [6, 6.07) is 8.83. The van der Waals surface area contributed by atoms with Gasteiger partial charge in [-0.2, -0.15) is 28.2 Å². The molecule has 1 N–H and O–H groups in total. The third-order valence-electron chi connectivity index (χ3n) is 5.31.